The van der Waals surface area contributed by atoms with Gasteiger partial charge in [0.2, 0.25) is 5.91 Å². The van der Waals surface area contributed by atoms with Gasteiger partial charge in [0.05, 0.1) is 14.2 Å². The van der Waals surface area contributed by atoms with Crippen molar-refractivity contribution in [2.24, 2.45) is 5.92 Å². The Labute approximate surface area is 157 Å². The molecule has 1 amide bonds. The van der Waals surface area contributed by atoms with Gasteiger partial charge in [-0.05, 0) is 64.4 Å². The quantitative estimate of drug-likeness (QED) is 0.809. The van der Waals surface area contributed by atoms with Crippen LogP contribution in [0.5, 0.6) is 11.5 Å². The first-order chi connectivity index (χ1) is 12.5. The lowest BCUT2D eigenvalue weighted by Gasteiger charge is -2.35. The van der Waals surface area contributed by atoms with Crippen LogP contribution in [0.3, 0.4) is 0 Å². The number of nitrogens with zero attached hydrogens (tertiary/aromatic N) is 2. The van der Waals surface area contributed by atoms with E-state index >= 15 is 0 Å². The Morgan fingerprint density at radius 3 is 2.42 bits per heavy atom. The van der Waals surface area contributed by atoms with E-state index in [2.05, 4.69) is 29.7 Å². The van der Waals surface area contributed by atoms with Crippen molar-refractivity contribution >= 4 is 5.91 Å². The summed E-state index contributed by atoms with van der Waals surface area (Å²) in [6.07, 6.45) is 2.96. The number of benzene rings is 1. The van der Waals surface area contributed by atoms with Crippen molar-refractivity contribution in [3.63, 3.8) is 0 Å². The maximum Gasteiger partial charge on any atom is 0.225 e. The molecule has 2 heterocycles. The molecule has 144 valence electrons. The first-order valence-corrected chi connectivity index (χ1v) is 9.78. The summed E-state index contributed by atoms with van der Waals surface area (Å²) in [5.74, 6) is 2.58. The number of amides is 1. The Balaban J connectivity index is 1.63. The van der Waals surface area contributed by atoms with Crippen LogP contribution in [0.4, 0.5) is 0 Å². The summed E-state index contributed by atoms with van der Waals surface area (Å²) in [6, 6.07) is 6.50. The lowest BCUT2D eigenvalue weighted by atomic mass is 9.94. The molecule has 0 spiro atoms. The number of hydrogen-bond donors (Lipinski definition) is 0. The summed E-state index contributed by atoms with van der Waals surface area (Å²) in [5.41, 5.74) is 1.15. The van der Waals surface area contributed by atoms with E-state index in [1.165, 1.54) is 0 Å². The summed E-state index contributed by atoms with van der Waals surface area (Å²) in [6.45, 7) is 8.16. The van der Waals surface area contributed by atoms with Gasteiger partial charge in [-0.15, -0.1) is 0 Å². The lowest BCUT2D eigenvalue weighted by Crippen LogP contribution is -2.43. The van der Waals surface area contributed by atoms with Gasteiger partial charge in [0, 0.05) is 36.5 Å². The molecule has 0 unspecified atom stereocenters. The zero-order valence-electron chi connectivity index (χ0n) is 16.5. The topological polar surface area (TPSA) is 42.0 Å². The predicted molar refractivity (Wildman–Crippen MR) is 103 cm³/mol. The molecule has 0 radical (unpaired) electrons. The van der Waals surface area contributed by atoms with Crippen LogP contribution in [0.1, 0.15) is 44.6 Å². The summed E-state index contributed by atoms with van der Waals surface area (Å²) >= 11 is 0. The molecule has 2 aliphatic heterocycles. The molecule has 3 rings (SSSR count). The first-order valence-electron chi connectivity index (χ1n) is 9.78. The normalized spacial score (nSPS) is 22.0. The molecule has 0 aliphatic carbocycles. The molecule has 2 saturated heterocycles. The third kappa shape index (κ3) is 3.98. The second-order valence-electron chi connectivity index (χ2n) is 7.78. The highest BCUT2D eigenvalue weighted by molar-refractivity contribution is 5.79. The molecule has 5 nitrogen and oxygen atoms in total. The van der Waals surface area contributed by atoms with Crippen LogP contribution >= 0.6 is 0 Å². The monoisotopic (exact) mass is 360 g/mol. The molecule has 0 saturated carbocycles. The lowest BCUT2D eigenvalue weighted by molar-refractivity contribution is -0.136. The fraction of sp³-hybridized carbons (Fsp3) is 0.667. The fourth-order valence-corrected chi connectivity index (χ4v) is 4.29. The minimum Gasteiger partial charge on any atom is -0.497 e. The molecular weight excluding hydrogens is 328 g/mol. The van der Waals surface area contributed by atoms with Crippen molar-refractivity contribution in [2.75, 3.05) is 40.4 Å². The summed E-state index contributed by atoms with van der Waals surface area (Å²) in [4.78, 5) is 17.5. The third-order valence-corrected chi connectivity index (χ3v) is 5.99. The van der Waals surface area contributed by atoms with Crippen molar-refractivity contribution in [3.8, 4) is 11.5 Å². The van der Waals surface area contributed by atoms with Crippen LogP contribution in [-0.4, -0.2) is 62.1 Å². The van der Waals surface area contributed by atoms with Gasteiger partial charge in [-0.1, -0.05) is 0 Å². The summed E-state index contributed by atoms with van der Waals surface area (Å²) < 4.78 is 10.9. The highest BCUT2D eigenvalue weighted by atomic mass is 16.5. The highest BCUT2D eigenvalue weighted by Gasteiger charge is 2.34. The standard InChI is InChI=1S/C21H32N2O3/c1-15(2)22-10-7-16(8-11-22)21(24)23-12-9-17(14-23)19-13-18(25-3)5-6-20(19)26-4/h5-6,13,15-17H,7-12,14H2,1-4H3/t17-/m0/s1. The maximum atomic E-state index is 13.0. The average molecular weight is 360 g/mol. The van der Waals surface area contributed by atoms with E-state index in [9.17, 15) is 4.79 Å². The van der Waals surface area contributed by atoms with Crippen molar-refractivity contribution in [1.82, 2.24) is 9.80 Å². The third-order valence-electron chi connectivity index (χ3n) is 5.99. The maximum absolute atomic E-state index is 13.0. The molecule has 1 aromatic carbocycles. The predicted octanol–water partition coefficient (Wildman–Crippen LogP) is 3.14. The highest BCUT2D eigenvalue weighted by Crippen LogP contribution is 2.37. The van der Waals surface area contributed by atoms with Gasteiger partial charge < -0.3 is 19.3 Å². The fourth-order valence-electron chi connectivity index (χ4n) is 4.29. The van der Waals surface area contributed by atoms with E-state index in [1.54, 1.807) is 14.2 Å². The van der Waals surface area contributed by atoms with E-state index in [4.69, 9.17) is 9.47 Å². The number of rotatable bonds is 5. The van der Waals surface area contributed by atoms with Gasteiger partial charge in [-0.3, -0.25) is 4.79 Å². The largest absolute Gasteiger partial charge is 0.497 e. The molecule has 1 aromatic rings. The molecule has 1 atom stereocenters. The first kappa shape index (κ1) is 19.0. The van der Waals surface area contributed by atoms with Crippen LogP contribution in [0, 0.1) is 5.92 Å². The van der Waals surface area contributed by atoms with E-state index in [0.29, 0.717) is 17.9 Å². The van der Waals surface area contributed by atoms with Crippen molar-refractivity contribution in [2.45, 2.75) is 45.1 Å². The molecule has 26 heavy (non-hydrogen) atoms. The van der Waals surface area contributed by atoms with Crippen LogP contribution in [0.2, 0.25) is 0 Å². The second kappa shape index (κ2) is 8.30. The Bertz CT molecular complexity index is 624. The van der Waals surface area contributed by atoms with Gasteiger partial charge >= 0.3 is 0 Å². The minimum atomic E-state index is 0.191. The van der Waals surface area contributed by atoms with Gasteiger partial charge in [0.15, 0.2) is 0 Å². The van der Waals surface area contributed by atoms with Crippen LogP contribution < -0.4 is 9.47 Å². The van der Waals surface area contributed by atoms with Crippen molar-refractivity contribution in [1.29, 1.82) is 0 Å². The summed E-state index contributed by atoms with van der Waals surface area (Å²) in [5, 5.41) is 0. The number of ether oxygens (including phenoxy) is 2. The van der Waals surface area contributed by atoms with Crippen molar-refractivity contribution in [3.05, 3.63) is 23.8 Å². The van der Waals surface area contributed by atoms with Gasteiger partial charge in [0.1, 0.15) is 11.5 Å². The number of hydrogen-bond acceptors (Lipinski definition) is 4. The second-order valence-corrected chi connectivity index (χ2v) is 7.78. The van der Waals surface area contributed by atoms with E-state index in [0.717, 1.165) is 62.5 Å². The van der Waals surface area contributed by atoms with Crippen molar-refractivity contribution < 1.29 is 14.3 Å². The molecule has 0 N–H and O–H groups in total. The number of likely N-dealkylation sites (tertiary alicyclic amines) is 2. The smallest absolute Gasteiger partial charge is 0.225 e. The van der Waals surface area contributed by atoms with Gasteiger partial charge in [-0.25, -0.2) is 0 Å². The number of carbonyl (C=O) groups is 1. The molecular formula is C21H32N2O3. The van der Waals surface area contributed by atoms with E-state index in [1.807, 2.05) is 12.1 Å². The number of carbonyl (C=O) groups excluding carboxylic acids is 1. The molecule has 5 heteroatoms. The number of piperidine rings is 1. The van der Waals surface area contributed by atoms with Crippen LogP contribution in [-0.2, 0) is 4.79 Å². The average Bonchev–Trinajstić information content (AvgIpc) is 3.17. The Morgan fingerprint density at radius 1 is 1.08 bits per heavy atom. The van der Waals surface area contributed by atoms with Gasteiger partial charge in [-0.2, -0.15) is 0 Å². The van der Waals surface area contributed by atoms with Gasteiger partial charge in [0.25, 0.3) is 0 Å². The summed E-state index contributed by atoms with van der Waals surface area (Å²) in [7, 11) is 3.38. The SMILES string of the molecule is COc1ccc(OC)c([C@H]2CCN(C(=O)C3CCN(C(C)C)CC3)C2)c1. The zero-order valence-corrected chi connectivity index (χ0v) is 16.5. The molecule has 0 bridgehead atoms. The Morgan fingerprint density at radius 2 is 1.81 bits per heavy atom. The Kier molecular flexibility index (Phi) is 6.07. The van der Waals surface area contributed by atoms with Crippen LogP contribution in [0.15, 0.2) is 18.2 Å². The zero-order chi connectivity index (χ0) is 18.7. The number of methoxy groups -OCH3 is 2. The van der Waals surface area contributed by atoms with E-state index in [-0.39, 0.29) is 5.92 Å². The Hall–Kier alpha value is -1.75. The minimum absolute atomic E-state index is 0.191. The van der Waals surface area contributed by atoms with E-state index < -0.39 is 0 Å². The molecule has 0 aromatic heterocycles. The van der Waals surface area contributed by atoms with Crippen LogP contribution in [0.25, 0.3) is 0 Å². The molecule has 2 aliphatic rings. The molecule has 2 fully saturated rings.